The minimum Gasteiger partial charge on any atom is -0.490 e. The van der Waals surface area contributed by atoms with Crippen LogP contribution in [0.25, 0.3) is 0 Å². The second-order valence-corrected chi connectivity index (χ2v) is 6.35. The highest BCUT2D eigenvalue weighted by Gasteiger charge is 2.12. The van der Waals surface area contributed by atoms with Gasteiger partial charge in [-0.3, -0.25) is 4.99 Å². The summed E-state index contributed by atoms with van der Waals surface area (Å²) in [5.74, 6) is 1.06. The van der Waals surface area contributed by atoms with Crippen LogP contribution in [0.15, 0.2) is 23.2 Å². The van der Waals surface area contributed by atoms with Gasteiger partial charge < -0.3 is 25.0 Å². The molecule has 0 aromatic heterocycles. The third-order valence-electron chi connectivity index (χ3n) is 4.38. The van der Waals surface area contributed by atoms with E-state index in [2.05, 4.69) is 25.3 Å². The van der Waals surface area contributed by atoms with E-state index in [4.69, 9.17) is 4.74 Å². The number of hydrogen-bond donors (Lipinski definition) is 2. The van der Waals surface area contributed by atoms with Gasteiger partial charge in [-0.1, -0.05) is 12.5 Å². The van der Waals surface area contributed by atoms with Gasteiger partial charge in [0.05, 0.1) is 6.61 Å². The lowest BCUT2D eigenvalue weighted by atomic mass is 10.1. The van der Waals surface area contributed by atoms with Gasteiger partial charge in [0.1, 0.15) is 0 Å². The number of hydrogen-bond acceptors (Lipinski definition) is 4. The first-order valence-electron chi connectivity index (χ1n) is 9.49. The molecule has 160 valence electrons. The Bertz CT molecular complexity index is 599. The van der Waals surface area contributed by atoms with Crippen LogP contribution in [-0.4, -0.2) is 57.3 Å². The fourth-order valence-electron chi connectivity index (χ4n) is 3.05. The number of guanidine groups is 1. The van der Waals surface area contributed by atoms with Gasteiger partial charge in [0, 0.05) is 26.7 Å². The summed E-state index contributed by atoms with van der Waals surface area (Å²) in [5.41, 5.74) is 0.888. The van der Waals surface area contributed by atoms with Crippen molar-refractivity contribution in [3.63, 3.8) is 0 Å². The molecule has 9 heteroatoms. The van der Waals surface area contributed by atoms with Crippen LogP contribution in [0.4, 0.5) is 8.78 Å². The minimum atomic E-state index is -2.88. The number of benzene rings is 1. The van der Waals surface area contributed by atoms with Gasteiger partial charge in [-0.25, -0.2) is 0 Å². The first kappa shape index (κ1) is 24.7. The molecular formula is C19H31F2IN4O2. The van der Waals surface area contributed by atoms with Gasteiger partial charge in [-0.05, 0) is 50.6 Å². The zero-order valence-corrected chi connectivity index (χ0v) is 18.9. The molecule has 0 amide bonds. The Morgan fingerprint density at radius 2 is 1.93 bits per heavy atom. The molecule has 2 N–H and O–H groups in total. The number of halogens is 3. The van der Waals surface area contributed by atoms with Crippen molar-refractivity contribution in [2.45, 2.75) is 39.3 Å². The molecule has 1 fully saturated rings. The molecule has 0 saturated carbocycles. The molecule has 1 saturated heterocycles. The van der Waals surface area contributed by atoms with Gasteiger partial charge in [-0.15, -0.1) is 24.0 Å². The zero-order valence-electron chi connectivity index (χ0n) is 16.5. The molecule has 6 nitrogen and oxygen atoms in total. The molecule has 1 aromatic rings. The number of nitrogens with zero attached hydrogens (tertiary/aromatic N) is 2. The van der Waals surface area contributed by atoms with Crippen LogP contribution in [-0.2, 0) is 6.54 Å². The van der Waals surface area contributed by atoms with E-state index >= 15 is 0 Å². The lowest BCUT2D eigenvalue weighted by molar-refractivity contribution is -0.0514. The molecule has 0 spiro atoms. The predicted octanol–water partition coefficient (Wildman–Crippen LogP) is 3.46. The molecule has 0 bridgehead atoms. The fourth-order valence-corrected chi connectivity index (χ4v) is 3.05. The van der Waals surface area contributed by atoms with Gasteiger partial charge in [0.15, 0.2) is 17.5 Å². The van der Waals surface area contributed by atoms with E-state index in [9.17, 15) is 8.78 Å². The molecule has 0 atom stereocenters. The third-order valence-corrected chi connectivity index (χ3v) is 4.38. The van der Waals surface area contributed by atoms with Crippen LogP contribution in [0.3, 0.4) is 0 Å². The lowest BCUT2D eigenvalue weighted by Crippen LogP contribution is -2.42. The van der Waals surface area contributed by atoms with E-state index in [0.29, 0.717) is 24.9 Å². The number of aliphatic imine (C=N–C) groups is 1. The number of piperidine rings is 1. The summed E-state index contributed by atoms with van der Waals surface area (Å²) in [4.78, 5) is 6.68. The highest BCUT2D eigenvalue weighted by molar-refractivity contribution is 14.0. The van der Waals surface area contributed by atoms with Crippen molar-refractivity contribution in [1.29, 1.82) is 0 Å². The summed E-state index contributed by atoms with van der Waals surface area (Å²) in [6.45, 7) is 3.94. The van der Waals surface area contributed by atoms with Crippen molar-refractivity contribution >= 4 is 29.9 Å². The summed E-state index contributed by atoms with van der Waals surface area (Å²) >= 11 is 0. The molecule has 1 aliphatic rings. The van der Waals surface area contributed by atoms with E-state index in [-0.39, 0.29) is 29.7 Å². The van der Waals surface area contributed by atoms with E-state index in [0.717, 1.165) is 18.7 Å². The number of nitrogens with one attached hydrogen (secondary N) is 2. The van der Waals surface area contributed by atoms with Crippen LogP contribution in [0.1, 0.15) is 31.7 Å². The summed E-state index contributed by atoms with van der Waals surface area (Å²) in [6.07, 6.45) is 3.89. The number of rotatable bonds is 9. The summed E-state index contributed by atoms with van der Waals surface area (Å²) < 4.78 is 34.8. The molecule has 0 aliphatic carbocycles. The van der Waals surface area contributed by atoms with Crippen LogP contribution < -0.4 is 20.1 Å². The lowest BCUT2D eigenvalue weighted by Gasteiger charge is -2.26. The standard InChI is InChI=1S/C19H30F2N4O2.HI/c1-3-26-17-13-15(7-8-16(17)27-18(20)21)14-24-19(22-2)23-9-12-25-10-5-4-6-11-25;/h7-8,13,18H,3-6,9-12,14H2,1-2H3,(H2,22,23,24);1H. The monoisotopic (exact) mass is 512 g/mol. The Labute approximate surface area is 183 Å². The minimum absolute atomic E-state index is 0. The molecule has 2 rings (SSSR count). The van der Waals surface area contributed by atoms with Crippen LogP contribution >= 0.6 is 24.0 Å². The van der Waals surface area contributed by atoms with Crippen molar-refractivity contribution < 1.29 is 18.3 Å². The van der Waals surface area contributed by atoms with E-state index in [1.165, 1.54) is 38.4 Å². The number of alkyl halides is 2. The average molecular weight is 512 g/mol. The molecular weight excluding hydrogens is 481 g/mol. The quantitative estimate of drug-likeness (QED) is 0.302. The summed E-state index contributed by atoms with van der Waals surface area (Å²) in [6, 6.07) is 4.93. The number of likely N-dealkylation sites (tertiary alicyclic amines) is 1. The smallest absolute Gasteiger partial charge is 0.387 e. The molecule has 28 heavy (non-hydrogen) atoms. The Kier molecular flexibility index (Phi) is 12.1. The van der Waals surface area contributed by atoms with E-state index in [1.54, 1.807) is 26.1 Å². The van der Waals surface area contributed by atoms with Crippen molar-refractivity contribution in [3.8, 4) is 11.5 Å². The zero-order chi connectivity index (χ0) is 19.5. The maximum atomic E-state index is 12.5. The Morgan fingerprint density at radius 1 is 1.18 bits per heavy atom. The highest BCUT2D eigenvalue weighted by atomic mass is 127. The van der Waals surface area contributed by atoms with Crippen LogP contribution in [0, 0.1) is 0 Å². The van der Waals surface area contributed by atoms with E-state index in [1.807, 2.05) is 0 Å². The maximum Gasteiger partial charge on any atom is 0.387 e. The van der Waals surface area contributed by atoms with Gasteiger partial charge in [0.25, 0.3) is 0 Å². The highest BCUT2D eigenvalue weighted by Crippen LogP contribution is 2.29. The second-order valence-electron chi connectivity index (χ2n) is 6.35. The van der Waals surface area contributed by atoms with Crippen molar-refractivity contribution in [2.24, 2.45) is 4.99 Å². The Balaban J connectivity index is 0.00000392. The van der Waals surface area contributed by atoms with Crippen molar-refractivity contribution in [1.82, 2.24) is 15.5 Å². The summed E-state index contributed by atoms with van der Waals surface area (Å²) in [5, 5.41) is 6.54. The van der Waals surface area contributed by atoms with Gasteiger partial charge >= 0.3 is 6.61 Å². The van der Waals surface area contributed by atoms with Gasteiger partial charge in [-0.2, -0.15) is 8.78 Å². The molecule has 1 aliphatic heterocycles. The fraction of sp³-hybridized carbons (Fsp3) is 0.632. The van der Waals surface area contributed by atoms with Gasteiger partial charge in [0.2, 0.25) is 0 Å². The van der Waals surface area contributed by atoms with E-state index < -0.39 is 6.61 Å². The largest absolute Gasteiger partial charge is 0.490 e. The Morgan fingerprint density at radius 3 is 2.57 bits per heavy atom. The number of ether oxygens (including phenoxy) is 2. The molecule has 0 unspecified atom stereocenters. The van der Waals surface area contributed by atoms with Crippen LogP contribution in [0.5, 0.6) is 11.5 Å². The van der Waals surface area contributed by atoms with Crippen LogP contribution in [0.2, 0.25) is 0 Å². The van der Waals surface area contributed by atoms with Crippen molar-refractivity contribution in [2.75, 3.05) is 39.8 Å². The van der Waals surface area contributed by atoms with Crippen molar-refractivity contribution in [3.05, 3.63) is 23.8 Å². The first-order valence-corrected chi connectivity index (χ1v) is 9.49. The normalized spacial score (nSPS) is 15.1. The predicted molar refractivity (Wildman–Crippen MR) is 118 cm³/mol. The third kappa shape index (κ3) is 8.76. The summed E-state index contributed by atoms with van der Waals surface area (Å²) in [7, 11) is 1.72. The topological polar surface area (TPSA) is 58.1 Å². The SMILES string of the molecule is CCOc1cc(CNC(=NC)NCCN2CCCCC2)ccc1OC(F)F.I. The second kappa shape index (κ2) is 13.8. The molecule has 1 aromatic carbocycles. The molecule has 0 radical (unpaired) electrons. The average Bonchev–Trinajstić information content (AvgIpc) is 2.67. The molecule has 1 heterocycles. The Hall–Kier alpha value is -1.36. The maximum absolute atomic E-state index is 12.5. The first-order chi connectivity index (χ1) is 13.1.